The van der Waals surface area contributed by atoms with Gasteiger partial charge < -0.3 is 10.2 Å². The summed E-state index contributed by atoms with van der Waals surface area (Å²) in [5.74, 6) is -1.71. The summed E-state index contributed by atoms with van der Waals surface area (Å²) in [4.78, 5) is 26.5. The maximum Gasteiger partial charge on any atom is 0.242 e. The molecule has 1 unspecified atom stereocenters. The van der Waals surface area contributed by atoms with Crippen LogP contribution in [0.2, 0.25) is 0 Å². The highest BCUT2D eigenvalue weighted by atomic mass is 19.1. The Balaban J connectivity index is 2.25. The zero-order valence-corrected chi connectivity index (χ0v) is 15.5. The smallest absolute Gasteiger partial charge is 0.242 e. The van der Waals surface area contributed by atoms with Crippen molar-refractivity contribution >= 4 is 11.8 Å². The largest absolute Gasteiger partial charge is 0.354 e. The van der Waals surface area contributed by atoms with E-state index < -0.39 is 23.6 Å². The number of nitrogens with one attached hydrogen (secondary N) is 1. The fourth-order valence-corrected chi connectivity index (χ4v) is 2.69. The summed E-state index contributed by atoms with van der Waals surface area (Å²) in [5.41, 5.74) is 0.539. The van der Waals surface area contributed by atoms with Crippen molar-refractivity contribution in [1.29, 1.82) is 0 Å². The lowest BCUT2D eigenvalue weighted by molar-refractivity contribution is -0.140. The normalized spacial score (nSPS) is 11.7. The Morgan fingerprint density at radius 3 is 2.11 bits per heavy atom. The van der Waals surface area contributed by atoms with Gasteiger partial charge in [0.15, 0.2) is 0 Å². The van der Waals surface area contributed by atoms with Crippen LogP contribution in [0, 0.1) is 11.6 Å². The van der Waals surface area contributed by atoms with Crippen molar-refractivity contribution in [3.63, 3.8) is 0 Å². The Labute approximate surface area is 158 Å². The lowest BCUT2D eigenvalue weighted by atomic mass is 10.1. The summed E-state index contributed by atoms with van der Waals surface area (Å²) < 4.78 is 28.0. The molecule has 0 aromatic heterocycles. The van der Waals surface area contributed by atoms with Gasteiger partial charge in [0.25, 0.3) is 0 Å². The van der Waals surface area contributed by atoms with Gasteiger partial charge in [-0.3, -0.25) is 9.59 Å². The van der Waals surface area contributed by atoms with Crippen molar-refractivity contribution in [1.82, 2.24) is 10.2 Å². The second kappa shape index (κ2) is 9.80. The van der Waals surface area contributed by atoms with E-state index in [1.165, 1.54) is 23.1 Å². The number of hydrogen-bond donors (Lipinski definition) is 1. The van der Waals surface area contributed by atoms with Crippen LogP contribution in [0.1, 0.15) is 31.4 Å². The monoisotopic (exact) mass is 374 g/mol. The number of rotatable bonds is 8. The van der Waals surface area contributed by atoms with E-state index >= 15 is 0 Å². The van der Waals surface area contributed by atoms with E-state index in [0.717, 1.165) is 6.42 Å². The van der Waals surface area contributed by atoms with Crippen molar-refractivity contribution in [2.24, 2.45) is 0 Å². The number of halogens is 2. The second-order valence-electron chi connectivity index (χ2n) is 6.35. The molecule has 0 aliphatic heterocycles. The fourth-order valence-electron chi connectivity index (χ4n) is 2.69. The van der Waals surface area contributed by atoms with Crippen LogP contribution >= 0.6 is 0 Å². The lowest BCUT2D eigenvalue weighted by Gasteiger charge is -2.29. The lowest BCUT2D eigenvalue weighted by Crippen LogP contribution is -2.48. The van der Waals surface area contributed by atoms with Gasteiger partial charge in [-0.1, -0.05) is 43.3 Å². The molecule has 4 nitrogen and oxygen atoms in total. The van der Waals surface area contributed by atoms with Gasteiger partial charge in [-0.15, -0.1) is 0 Å². The second-order valence-corrected chi connectivity index (χ2v) is 6.35. The van der Waals surface area contributed by atoms with Crippen LogP contribution in [-0.4, -0.2) is 29.3 Å². The molecular weight excluding hydrogens is 350 g/mol. The Morgan fingerprint density at radius 1 is 1.00 bits per heavy atom. The zero-order valence-electron chi connectivity index (χ0n) is 15.5. The topological polar surface area (TPSA) is 49.4 Å². The molecule has 1 N–H and O–H groups in total. The molecule has 0 aliphatic rings. The highest BCUT2D eigenvalue weighted by molar-refractivity contribution is 5.88. The van der Waals surface area contributed by atoms with Crippen molar-refractivity contribution in [3.05, 3.63) is 71.3 Å². The van der Waals surface area contributed by atoms with E-state index in [0.29, 0.717) is 12.1 Å². The zero-order chi connectivity index (χ0) is 19.8. The van der Waals surface area contributed by atoms with Crippen LogP contribution in [0.15, 0.2) is 48.5 Å². The van der Waals surface area contributed by atoms with Crippen LogP contribution < -0.4 is 5.32 Å². The van der Waals surface area contributed by atoms with Gasteiger partial charge in [-0.05, 0) is 31.0 Å². The van der Waals surface area contributed by atoms with Crippen LogP contribution in [-0.2, 0) is 22.6 Å². The molecule has 0 saturated heterocycles. The summed E-state index contributed by atoms with van der Waals surface area (Å²) in [6.45, 7) is 3.93. The van der Waals surface area contributed by atoms with Crippen LogP contribution in [0.25, 0.3) is 0 Å². The third-order valence-corrected chi connectivity index (χ3v) is 4.31. The standard InChI is InChI=1S/C21H24F2N2O2/c1-3-12-24-21(27)15(2)25(14-17-9-5-7-11-19(17)23)20(26)13-16-8-4-6-10-18(16)22/h4-11,15H,3,12-14H2,1-2H3,(H,24,27). The third-order valence-electron chi connectivity index (χ3n) is 4.31. The molecule has 2 rings (SSSR count). The first kappa shape index (κ1) is 20.6. The number of benzene rings is 2. The highest BCUT2D eigenvalue weighted by Crippen LogP contribution is 2.16. The van der Waals surface area contributed by atoms with Crippen molar-refractivity contribution in [2.75, 3.05) is 6.54 Å². The van der Waals surface area contributed by atoms with Crippen LogP contribution in [0.4, 0.5) is 8.78 Å². The molecule has 0 aliphatic carbocycles. The molecule has 27 heavy (non-hydrogen) atoms. The molecule has 1 atom stereocenters. The van der Waals surface area contributed by atoms with Gasteiger partial charge >= 0.3 is 0 Å². The maximum atomic E-state index is 14.1. The molecule has 0 radical (unpaired) electrons. The Kier molecular flexibility index (Phi) is 7.46. The molecule has 6 heteroatoms. The molecule has 0 fully saturated rings. The molecular formula is C21H24F2N2O2. The predicted molar refractivity (Wildman–Crippen MR) is 99.8 cm³/mol. The molecule has 0 saturated carbocycles. The minimum Gasteiger partial charge on any atom is -0.354 e. The van der Waals surface area contributed by atoms with E-state index in [1.807, 2.05) is 6.92 Å². The molecule has 2 aromatic carbocycles. The molecule has 0 bridgehead atoms. The number of carbonyl (C=O) groups is 2. The average molecular weight is 374 g/mol. The van der Waals surface area contributed by atoms with E-state index in [9.17, 15) is 18.4 Å². The summed E-state index contributed by atoms with van der Waals surface area (Å²) in [6.07, 6.45) is 0.557. The van der Waals surface area contributed by atoms with Crippen LogP contribution in [0.5, 0.6) is 0 Å². The summed E-state index contributed by atoms with van der Waals surface area (Å²) in [6, 6.07) is 11.3. The summed E-state index contributed by atoms with van der Waals surface area (Å²) in [5, 5.41) is 2.74. The number of hydrogen-bond acceptors (Lipinski definition) is 2. The van der Waals surface area contributed by atoms with Crippen LogP contribution in [0.3, 0.4) is 0 Å². The number of amides is 2. The van der Waals surface area contributed by atoms with E-state index in [4.69, 9.17) is 0 Å². The van der Waals surface area contributed by atoms with Gasteiger partial charge in [-0.25, -0.2) is 8.78 Å². The minimum atomic E-state index is -0.810. The molecule has 0 spiro atoms. The summed E-state index contributed by atoms with van der Waals surface area (Å²) in [7, 11) is 0. The summed E-state index contributed by atoms with van der Waals surface area (Å²) >= 11 is 0. The Hall–Kier alpha value is -2.76. The predicted octanol–water partition coefficient (Wildman–Crippen LogP) is 3.45. The molecule has 144 valence electrons. The number of carbonyl (C=O) groups excluding carboxylic acids is 2. The van der Waals surface area contributed by atoms with Gasteiger partial charge in [0.1, 0.15) is 17.7 Å². The molecule has 2 amide bonds. The number of nitrogens with zero attached hydrogens (tertiary/aromatic N) is 1. The van der Waals surface area contributed by atoms with Crippen molar-refractivity contribution in [2.45, 2.75) is 39.3 Å². The first-order chi connectivity index (χ1) is 12.9. The van der Waals surface area contributed by atoms with E-state index in [2.05, 4.69) is 5.32 Å². The van der Waals surface area contributed by atoms with Crippen molar-refractivity contribution in [3.8, 4) is 0 Å². The third kappa shape index (κ3) is 5.61. The molecule has 0 heterocycles. The fraction of sp³-hybridized carbons (Fsp3) is 0.333. The van der Waals surface area contributed by atoms with E-state index in [1.54, 1.807) is 37.3 Å². The van der Waals surface area contributed by atoms with Gasteiger partial charge in [0.2, 0.25) is 11.8 Å². The highest BCUT2D eigenvalue weighted by Gasteiger charge is 2.27. The SMILES string of the molecule is CCCNC(=O)C(C)N(Cc1ccccc1F)C(=O)Cc1ccccc1F. The van der Waals surface area contributed by atoms with Gasteiger partial charge in [0, 0.05) is 18.7 Å². The first-order valence-corrected chi connectivity index (χ1v) is 8.98. The quantitative estimate of drug-likeness (QED) is 0.769. The van der Waals surface area contributed by atoms with Gasteiger partial charge in [-0.2, -0.15) is 0 Å². The average Bonchev–Trinajstić information content (AvgIpc) is 2.66. The Morgan fingerprint density at radius 2 is 1.56 bits per heavy atom. The Bertz CT molecular complexity index is 795. The molecule has 2 aromatic rings. The van der Waals surface area contributed by atoms with E-state index in [-0.39, 0.29) is 24.4 Å². The van der Waals surface area contributed by atoms with Gasteiger partial charge in [0.05, 0.1) is 6.42 Å². The minimum absolute atomic E-state index is 0.0688. The van der Waals surface area contributed by atoms with Crippen molar-refractivity contribution < 1.29 is 18.4 Å². The maximum absolute atomic E-state index is 14.1. The first-order valence-electron chi connectivity index (χ1n) is 8.98.